The third kappa shape index (κ3) is 2.56. The van der Waals surface area contributed by atoms with Crippen LogP contribution in [0.1, 0.15) is 20.8 Å². The van der Waals surface area contributed by atoms with Crippen LogP contribution in [0.2, 0.25) is 0 Å². The lowest BCUT2D eigenvalue weighted by molar-refractivity contribution is 0.0993. The predicted molar refractivity (Wildman–Crippen MR) is 80.1 cm³/mol. The summed E-state index contributed by atoms with van der Waals surface area (Å²) < 4.78 is 13.4. The molecule has 0 aliphatic carbocycles. The molecule has 1 aliphatic heterocycles. The standard InChI is InChI=1S/C16H12FNO2S/c17-13-4-3-11-5-7-18(14(11)10-13)16(20)15-12(2-1-8-19)6-9-21-15/h3-4,6,9-10,19H,5,7-8H2. The van der Waals surface area contributed by atoms with Crippen LogP contribution in [0.4, 0.5) is 10.1 Å². The summed E-state index contributed by atoms with van der Waals surface area (Å²) >= 11 is 1.30. The average molecular weight is 301 g/mol. The molecular weight excluding hydrogens is 289 g/mol. The van der Waals surface area contributed by atoms with E-state index >= 15 is 0 Å². The van der Waals surface area contributed by atoms with Crippen molar-refractivity contribution < 1.29 is 14.3 Å². The lowest BCUT2D eigenvalue weighted by atomic mass is 10.1. The molecule has 2 aromatic rings. The number of hydrogen-bond donors (Lipinski definition) is 1. The largest absolute Gasteiger partial charge is 0.384 e. The second-order valence-corrected chi connectivity index (χ2v) is 5.52. The highest BCUT2D eigenvalue weighted by molar-refractivity contribution is 7.12. The van der Waals surface area contributed by atoms with E-state index in [0.717, 1.165) is 12.0 Å². The quantitative estimate of drug-likeness (QED) is 0.822. The Labute approximate surface area is 125 Å². The fraction of sp³-hybridized carbons (Fsp3) is 0.188. The van der Waals surface area contributed by atoms with Crippen LogP contribution in [0.5, 0.6) is 0 Å². The molecule has 0 saturated heterocycles. The van der Waals surface area contributed by atoms with Crippen molar-refractivity contribution in [3.63, 3.8) is 0 Å². The molecule has 0 unspecified atom stereocenters. The van der Waals surface area contributed by atoms with Gasteiger partial charge in [-0.2, -0.15) is 0 Å². The Morgan fingerprint density at radius 2 is 2.29 bits per heavy atom. The molecule has 5 heteroatoms. The number of carbonyl (C=O) groups is 1. The maximum atomic E-state index is 13.4. The van der Waals surface area contributed by atoms with Gasteiger partial charge < -0.3 is 10.0 Å². The van der Waals surface area contributed by atoms with E-state index in [1.807, 2.05) is 0 Å². The number of nitrogens with zero attached hydrogens (tertiary/aromatic N) is 1. The van der Waals surface area contributed by atoms with Crippen LogP contribution in [-0.2, 0) is 6.42 Å². The van der Waals surface area contributed by atoms with Crippen molar-refractivity contribution in [3.05, 3.63) is 51.5 Å². The molecule has 0 saturated carbocycles. The molecule has 0 radical (unpaired) electrons. The van der Waals surface area contributed by atoms with Crippen LogP contribution in [0.25, 0.3) is 0 Å². The zero-order valence-corrected chi connectivity index (χ0v) is 11.9. The summed E-state index contributed by atoms with van der Waals surface area (Å²) in [4.78, 5) is 14.8. The number of benzene rings is 1. The first kappa shape index (κ1) is 13.8. The van der Waals surface area contributed by atoms with Crippen molar-refractivity contribution in [3.8, 4) is 11.8 Å². The van der Waals surface area contributed by atoms with Gasteiger partial charge in [0, 0.05) is 12.1 Å². The van der Waals surface area contributed by atoms with Crippen molar-refractivity contribution in [1.29, 1.82) is 0 Å². The number of amides is 1. The average Bonchev–Trinajstić information content (AvgIpc) is 3.10. The van der Waals surface area contributed by atoms with E-state index in [1.165, 1.54) is 23.5 Å². The Bertz CT molecular complexity index is 757. The zero-order valence-electron chi connectivity index (χ0n) is 11.1. The number of aliphatic hydroxyl groups excluding tert-OH is 1. The first-order chi connectivity index (χ1) is 10.2. The first-order valence-corrected chi connectivity index (χ1v) is 7.36. The van der Waals surface area contributed by atoms with Crippen LogP contribution >= 0.6 is 11.3 Å². The summed E-state index contributed by atoms with van der Waals surface area (Å²) in [6.45, 7) is 0.295. The second-order valence-electron chi connectivity index (χ2n) is 4.60. The Hall–Kier alpha value is -2.16. The lowest BCUT2D eigenvalue weighted by Crippen LogP contribution is -2.28. The van der Waals surface area contributed by atoms with Gasteiger partial charge in [-0.3, -0.25) is 4.79 Å². The van der Waals surface area contributed by atoms with E-state index in [4.69, 9.17) is 5.11 Å². The molecule has 3 nitrogen and oxygen atoms in total. The van der Waals surface area contributed by atoms with Gasteiger partial charge in [-0.1, -0.05) is 17.9 Å². The van der Waals surface area contributed by atoms with Gasteiger partial charge in [-0.05, 0) is 35.6 Å². The van der Waals surface area contributed by atoms with E-state index in [9.17, 15) is 9.18 Å². The second kappa shape index (κ2) is 5.68. The summed E-state index contributed by atoms with van der Waals surface area (Å²) in [7, 11) is 0. The maximum absolute atomic E-state index is 13.4. The highest BCUT2D eigenvalue weighted by atomic mass is 32.1. The van der Waals surface area contributed by atoms with Gasteiger partial charge in [0.25, 0.3) is 5.91 Å². The molecular formula is C16H12FNO2S. The fourth-order valence-corrected chi connectivity index (χ4v) is 3.19. The molecule has 1 aromatic heterocycles. The van der Waals surface area contributed by atoms with Crippen molar-refractivity contribution >= 4 is 22.9 Å². The van der Waals surface area contributed by atoms with Crippen LogP contribution in [0, 0.1) is 17.7 Å². The predicted octanol–water partition coefficient (Wildman–Crippen LogP) is 2.43. The zero-order chi connectivity index (χ0) is 14.8. The minimum atomic E-state index is -0.347. The summed E-state index contributed by atoms with van der Waals surface area (Å²) in [6.07, 6.45) is 0.727. The summed E-state index contributed by atoms with van der Waals surface area (Å²) in [5.74, 6) is 4.80. The summed E-state index contributed by atoms with van der Waals surface area (Å²) in [6, 6.07) is 6.28. The van der Waals surface area contributed by atoms with Crippen LogP contribution in [-0.4, -0.2) is 24.2 Å². The third-order valence-corrected chi connectivity index (χ3v) is 4.25. The molecule has 1 N–H and O–H groups in total. The number of hydrogen-bond acceptors (Lipinski definition) is 3. The van der Waals surface area contributed by atoms with Crippen LogP contribution < -0.4 is 4.90 Å². The van der Waals surface area contributed by atoms with E-state index in [1.54, 1.807) is 22.4 Å². The van der Waals surface area contributed by atoms with Gasteiger partial charge in [-0.15, -0.1) is 11.3 Å². The molecule has 0 spiro atoms. The summed E-state index contributed by atoms with van der Waals surface area (Å²) in [5, 5.41) is 10.5. The van der Waals surface area contributed by atoms with Gasteiger partial charge in [-0.25, -0.2) is 4.39 Å². The fourth-order valence-electron chi connectivity index (χ4n) is 2.39. The molecule has 1 amide bonds. The molecule has 106 valence electrons. The molecule has 1 aliphatic rings. The molecule has 2 heterocycles. The normalized spacial score (nSPS) is 12.8. The molecule has 21 heavy (non-hydrogen) atoms. The van der Waals surface area contributed by atoms with Crippen LogP contribution in [0.3, 0.4) is 0 Å². The van der Waals surface area contributed by atoms with Crippen molar-refractivity contribution in [2.45, 2.75) is 6.42 Å². The van der Waals surface area contributed by atoms with Crippen molar-refractivity contribution in [1.82, 2.24) is 0 Å². The molecule has 0 bridgehead atoms. The van der Waals surface area contributed by atoms with E-state index < -0.39 is 0 Å². The molecule has 0 atom stereocenters. The monoisotopic (exact) mass is 301 g/mol. The lowest BCUT2D eigenvalue weighted by Gasteiger charge is -2.16. The van der Waals surface area contributed by atoms with Crippen LogP contribution in [0.15, 0.2) is 29.6 Å². The number of rotatable bonds is 1. The topological polar surface area (TPSA) is 40.5 Å². The first-order valence-electron chi connectivity index (χ1n) is 6.48. The molecule has 3 rings (SSSR count). The number of fused-ring (bicyclic) bond motifs is 1. The van der Waals surface area contributed by atoms with E-state index in [-0.39, 0.29) is 18.3 Å². The minimum absolute atomic E-state index is 0.170. The number of aliphatic hydroxyl groups is 1. The number of thiophene rings is 1. The highest BCUT2D eigenvalue weighted by Gasteiger charge is 2.27. The Kier molecular flexibility index (Phi) is 3.74. The van der Waals surface area contributed by atoms with Gasteiger partial charge in [0.2, 0.25) is 0 Å². The van der Waals surface area contributed by atoms with Gasteiger partial charge >= 0.3 is 0 Å². The third-order valence-electron chi connectivity index (χ3n) is 3.35. The Balaban J connectivity index is 1.95. The van der Waals surface area contributed by atoms with Gasteiger partial charge in [0.05, 0.1) is 5.69 Å². The van der Waals surface area contributed by atoms with E-state index in [0.29, 0.717) is 22.7 Å². The number of carbonyl (C=O) groups excluding carboxylic acids is 1. The SMILES string of the molecule is O=C(c1sccc1C#CCO)N1CCc2ccc(F)cc21. The van der Waals surface area contributed by atoms with Gasteiger partial charge in [0.15, 0.2) is 0 Å². The smallest absolute Gasteiger partial charge is 0.269 e. The Morgan fingerprint density at radius 3 is 3.10 bits per heavy atom. The summed E-state index contributed by atoms with van der Waals surface area (Å²) in [5.41, 5.74) is 2.21. The number of anilines is 1. The maximum Gasteiger partial charge on any atom is 0.269 e. The number of halogens is 1. The Morgan fingerprint density at radius 1 is 1.43 bits per heavy atom. The molecule has 1 aromatic carbocycles. The minimum Gasteiger partial charge on any atom is -0.384 e. The van der Waals surface area contributed by atoms with Gasteiger partial charge in [0.1, 0.15) is 17.3 Å². The highest BCUT2D eigenvalue weighted by Crippen LogP contribution is 2.31. The van der Waals surface area contributed by atoms with Crippen molar-refractivity contribution in [2.75, 3.05) is 18.1 Å². The van der Waals surface area contributed by atoms with E-state index in [2.05, 4.69) is 11.8 Å². The molecule has 0 fully saturated rings. The van der Waals surface area contributed by atoms with Crippen molar-refractivity contribution in [2.24, 2.45) is 0 Å².